The number of nitrogens with one attached hydrogen (secondary N) is 1. The predicted octanol–water partition coefficient (Wildman–Crippen LogP) is 1.78. The number of hydrogen-bond donors (Lipinski definition) is 2. The molecular weight excluding hydrogens is 178 g/mol. The number of hydrogen-bond acceptors (Lipinski definition) is 2. The lowest BCUT2D eigenvalue weighted by molar-refractivity contribution is 0.249. The average molecular weight is 195 g/mol. The quantitative estimate of drug-likeness (QED) is 0.401. The molecule has 0 aliphatic heterocycles. The molecule has 1 aliphatic rings. The molecule has 0 saturated carbocycles. The number of urea groups is 1. The molecule has 1 unspecified atom stereocenters. The van der Waals surface area contributed by atoms with Crippen LogP contribution in [0.2, 0.25) is 0 Å². The van der Waals surface area contributed by atoms with Gasteiger partial charge in [-0.2, -0.15) is 5.10 Å². The van der Waals surface area contributed by atoms with E-state index < -0.39 is 6.03 Å². The van der Waals surface area contributed by atoms with E-state index in [0.29, 0.717) is 5.92 Å². The van der Waals surface area contributed by atoms with Gasteiger partial charge in [0.15, 0.2) is 0 Å². The molecule has 0 heterocycles. The highest BCUT2D eigenvalue weighted by Crippen LogP contribution is 2.20. The van der Waals surface area contributed by atoms with Gasteiger partial charge in [0.05, 0.1) is 0 Å². The molecule has 2 amide bonds. The lowest BCUT2D eigenvalue weighted by atomic mass is 9.92. The highest BCUT2D eigenvalue weighted by Gasteiger charge is 2.06. The number of amides is 2. The van der Waals surface area contributed by atoms with Crippen LogP contribution in [0.15, 0.2) is 17.3 Å². The number of primary amides is 1. The summed E-state index contributed by atoms with van der Waals surface area (Å²) in [4.78, 5) is 10.3. The zero-order valence-electron chi connectivity index (χ0n) is 8.28. The Morgan fingerprint density at radius 2 is 2.57 bits per heavy atom. The van der Waals surface area contributed by atoms with Gasteiger partial charge in [-0.1, -0.05) is 12.2 Å². The van der Waals surface area contributed by atoms with Gasteiger partial charge < -0.3 is 5.73 Å². The molecule has 0 bridgehead atoms. The number of carbonyl (C=O) groups excluding carboxylic acids is 1. The fraction of sp³-hybridized carbons (Fsp3) is 0.600. The Kier molecular flexibility index (Phi) is 4.75. The molecule has 1 rings (SSSR count). The molecule has 0 saturated heterocycles. The first-order chi connectivity index (χ1) is 6.79. The van der Waals surface area contributed by atoms with Gasteiger partial charge in [-0.3, -0.25) is 0 Å². The molecule has 0 radical (unpaired) electrons. The minimum atomic E-state index is -0.612. The molecular formula is C10H17N3O. The van der Waals surface area contributed by atoms with E-state index in [1.165, 1.54) is 19.3 Å². The van der Waals surface area contributed by atoms with Crippen molar-refractivity contribution in [2.24, 2.45) is 16.8 Å². The number of hydrazone groups is 1. The third kappa shape index (κ3) is 4.64. The fourth-order valence-electron chi connectivity index (χ4n) is 1.59. The molecule has 1 aliphatic carbocycles. The molecule has 3 N–H and O–H groups in total. The first-order valence-corrected chi connectivity index (χ1v) is 5.02. The van der Waals surface area contributed by atoms with Crippen LogP contribution in [0.1, 0.15) is 32.1 Å². The third-order valence-electron chi connectivity index (χ3n) is 2.29. The van der Waals surface area contributed by atoms with E-state index in [4.69, 9.17) is 5.73 Å². The molecule has 78 valence electrons. The molecule has 1 atom stereocenters. The van der Waals surface area contributed by atoms with Crippen molar-refractivity contribution in [2.75, 3.05) is 0 Å². The van der Waals surface area contributed by atoms with Crippen molar-refractivity contribution >= 4 is 12.2 Å². The van der Waals surface area contributed by atoms with Crippen LogP contribution >= 0.6 is 0 Å². The first-order valence-electron chi connectivity index (χ1n) is 5.02. The number of nitrogens with zero attached hydrogens (tertiary/aromatic N) is 1. The van der Waals surface area contributed by atoms with Gasteiger partial charge in [0.25, 0.3) is 0 Å². The SMILES string of the molecule is NC(=O)N/N=C\CCC1C=CCCC1. The monoisotopic (exact) mass is 195 g/mol. The Bertz CT molecular complexity index is 236. The standard InChI is InChI=1S/C10H17N3O/c11-10(14)13-12-8-4-7-9-5-2-1-3-6-9/h2,5,8-9H,1,3-4,6-7H2,(H3,11,13,14)/b12-8-. The maximum Gasteiger partial charge on any atom is 0.332 e. The number of allylic oxidation sites excluding steroid dienone is 2. The van der Waals surface area contributed by atoms with Gasteiger partial charge in [0, 0.05) is 6.21 Å². The van der Waals surface area contributed by atoms with Crippen molar-refractivity contribution in [3.05, 3.63) is 12.2 Å². The number of nitrogens with two attached hydrogens (primary N) is 1. The largest absolute Gasteiger partial charge is 0.350 e. The summed E-state index contributed by atoms with van der Waals surface area (Å²) in [5, 5.41) is 3.68. The molecule has 0 spiro atoms. The summed E-state index contributed by atoms with van der Waals surface area (Å²) in [6.45, 7) is 0. The zero-order chi connectivity index (χ0) is 10.2. The van der Waals surface area contributed by atoms with E-state index in [0.717, 1.165) is 12.8 Å². The Morgan fingerprint density at radius 3 is 3.21 bits per heavy atom. The topological polar surface area (TPSA) is 67.5 Å². The van der Waals surface area contributed by atoms with Crippen LogP contribution < -0.4 is 11.2 Å². The summed E-state index contributed by atoms with van der Waals surface area (Å²) in [6, 6.07) is -0.612. The molecule has 4 nitrogen and oxygen atoms in total. The molecule has 4 heteroatoms. The second kappa shape index (κ2) is 6.18. The highest BCUT2D eigenvalue weighted by atomic mass is 16.2. The maximum atomic E-state index is 10.3. The second-order valence-electron chi connectivity index (χ2n) is 3.48. The van der Waals surface area contributed by atoms with Crippen LogP contribution in [0.3, 0.4) is 0 Å². The van der Waals surface area contributed by atoms with Crippen LogP contribution in [-0.4, -0.2) is 12.2 Å². The van der Waals surface area contributed by atoms with Crippen molar-refractivity contribution in [3.8, 4) is 0 Å². The van der Waals surface area contributed by atoms with Gasteiger partial charge in [-0.15, -0.1) is 0 Å². The number of carbonyl (C=O) groups is 1. The number of rotatable bonds is 4. The molecule has 0 fully saturated rings. The summed E-state index contributed by atoms with van der Waals surface area (Å²) < 4.78 is 0. The summed E-state index contributed by atoms with van der Waals surface area (Å²) in [7, 11) is 0. The first kappa shape index (κ1) is 10.8. The van der Waals surface area contributed by atoms with E-state index in [-0.39, 0.29) is 0 Å². The van der Waals surface area contributed by atoms with E-state index in [1.807, 2.05) is 0 Å². The van der Waals surface area contributed by atoms with Gasteiger partial charge in [0.1, 0.15) is 0 Å². The molecule has 14 heavy (non-hydrogen) atoms. The lowest BCUT2D eigenvalue weighted by Crippen LogP contribution is -2.24. The summed E-state index contributed by atoms with van der Waals surface area (Å²) >= 11 is 0. The van der Waals surface area contributed by atoms with Gasteiger partial charge in [0.2, 0.25) is 0 Å². The molecule has 0 aromatic rings. The zero-order valence-corrected chi connectivity index (χ0v) is 8.28. The van der Waals surface area contributed by atoms with Crippen molar-refractivity contribution < 1.29 is 4.79 Å². The Morgan fingerprint density at radius 1 is 1.71 bits per heavy atom. The maximum absolute atomic E-state index is 10.3. The third-order valence-corrected chi connectivity index (χ3v) is 2.29. The van der Waals surface area contributed by atoms with Crippen molar-refractivity contribution in [1.82, 2.24) is 5.43 Å². The minimum Gasteiger partial charge on any atom is -0.350 e. The predicted molar refractivity (Wildman–Crippen MR) is 56.9 cm³/mol. The van der Waals surface area contributed by atoms with Gasteiger partial charge in [-0.25, -0.2) is 10.2 Å². The normalized spacial score (nSPS) is 21.3. The molecule has 0 aromatic heterocycles. The summed E-state index contributed by atoms with van der Waals surface area (Å²) in [6.07, 6.45) is 12.0. The molecule has 0 aromatic carbocycles. The van der Waals surface area contributed by atoms with Crippen LogP contribution in [0, 0.1) is 5.92 Å². The average Bonchev–Trinajstić information content (AvgIpc) is 2.18. The van der Waals surface area contributed by atoms with Crippen LogP contribution in [0.25, 0.3) is 0 Å². The Labute approximate surface area is 84.2 Å². The van der Waals surface area contributed by atoms with E-state index in [9.17, 15) is 4.79 Å². The Hall–Kier alpha value is -1.32. The Balaban J connectivity index is 2.08. The van der Waals surface area contributed by atoms with Gasteiger partial charge in [-0.05, 0) is 38.0 Å². The highest BCUT2D eigenvalue weighted by molar-refractivity contribution is 5.72. The second-order valence-corrected chi connectivity index (χ2v) is 3.48. The van der Waals surface area contributed by atoms with Gasteiger partial charge >= 0.3 is 6.03 Å². The van der Waals surface area contributed by atoms with E-state index >= 15 is 0 Å². The van der Waals surface area contributed by atoms with Crippen LogP contribution in [-0.2, 0) is 0 Å². The summed E-state index contributed by atoms with van der Waals surface area (Å²) in [5.41, 5.74) is 7.02. The smallest absolute Gasteiger partial charge is 0.332 e. The van der Waals surface area contributed by atoms with Crippen molar-refractivity contribution in [2.45, 2.75) is 32.1 Å². The fourth-order valence-corrected chi connectivity index (χ4v) is 1.59. The van der Waals surface area contributed by atoms with Crippen LogP contribution in [0.5, 0.6) is 0 Å². The minimum absolute atomic E-state index is 0.612. The van der Waals surface area contributed by atoms with E-state index in [2.05, 4.69) is 22.7 Å². The van der Waals surface area contributed by atoms with Crippen molar-refractivity contribution in [3.63, 3.8) is 0 Å². The summed E-state index contributed by atoms with van der Waals surface area (Å²) in [5.74, 6) is 0.684. The lowest BCUT2D eigenvalue weighted by Gasteiger charge is -2.14. The van der Waals surface area contributed by atoms with Crippen LogP contribution in [0.4, 0.5) is 4.79 Å². The van der Waals surface area contributed by atoms with E-state index in [1.54, 1.807) is 6.21 Å². The van der Waals surface area contributed by atoms with Crippen molar-refractivity contribution in [1.29, 1.82) is 0 Å².